The van der Waals surface area contributed by atoms with Crippen molar-refractivity contribution in [3.63, 3.8) is 0 Å². The summed E-state index contributed by atoms with van der Waals surface area (Å²) in [5.74, 6) is 0.711. The van der Waals surface area contributed by atoms with E-state index in [9.17, 15) is 0 Å². The van der Waals surface area contributed by atoms with Crippen LogP contribution in [-0.2, 0) is 6.54 Å². The summed E-state index contributed by atoms with van der Waals surface area (Å²) in [4.78, 5) is 0. The number of unbranched alkanes of at least 4 members (excludes halogenated alkanes) is 1. The molecule has 3 nitrogen and oxygen atoms in total. The summed E-state index contributed by atoms with van der Waals surface area (Å²) in [6.07, 6.45) is 2.22. The topological polar surface area (TPSA) is 43.8 Å². The number of hydrogen-bond acceptors (Lipinski definition) is 2. The van der Waals surface area contributed by atoms with Gasteiger partial charge >= 0.3 is 0 Å². The molecule has 1 aromatic heterocycles. The van der Waals surface area contributed by atoms with Gasteiger partial charge in [0, 0.05) is 23.2 Å². The van der Waals surface area contributed by atoms with E-state index in [0.29, 0.717) is 5.82 Å². The van der Waals surface area contributed by atoms with Crippen molar-refractivity contribution in [2.24, 2.45) is 0 Å². The molecule has 17 heavy (non-hydrogen) atoms. The first-order valence-corrected chi connectivity index (χ1v) is 6.17. The summed E-state index contributed by atoms with van der Waals surface area (Å²) >= 11 is 5.85. The lowest BCUT2D eigenvalue weighted by Crippen LogP contribution is -2.04. The summed E-state index contributed by atoms with van der Waals surface area (Å²) in [5, 5.41) is 5.22. The summed E-state index contributed by atoms with van der Waals surface area (Å²) < 4.78 is 1.85. The predicted molar refractivity (Wildman–Crippen MR) is 72.0 cm³/mol. The monoisotopic (exact) mass is 249 g/mol. The quantitative estimate of drug-likeness (QED) is 0.900. The zero-order valence-corrected chi connectivity index (χ0v) is 10.6. The maximum atomic E-state index is 5.92. The van der Waals surface area contributed by atoms with Crippen LogP contribution in [0.3, 0.4) is 0 Å². The molecule has 4 heteroatoms. The number of nitrogens with zero attached hydrogens (tertiary/aromatic N) is 2. The predicted octanol–water partition coefficient (Wildman–Crippen LogP) is 3.59. The molecule has 2 rings (SSSR count). The fourth-order valence-corrected chi connectivity index (χ4v) is 1.81. The van der Waals surface area contributed by atoms with Crippen molar-refractivity contribution in [3.8, 4) is 11.3 Å². The minimum absolute atomic E-state index is 0.711. The van der Waals surface area contributed by atoms with Crippen LogP contribution < -0.4 is 5.73 Å². The third kappa shape index (κ3) is 2.80. The third-order valence-electron chi connectivity index (χ3n) is 2.67. The van der Waals surface area contributed by atoms with Gasteiger partial charge in [0.15, 0.2) is 0 Å². The lowest BCUT2D eigenvalue weighted by atomic mass is 10.1. The Hall–Kier alpha value is -1.48. The van der Waals surface area contributed by atoms with Crippen molar-refractivity contribution >= 4 is 17.4 Å². The molecule has 0 bridgehead atoms. The first-order chi connectivity index (χ1) is 8.20. The highest BCUT2D eigenvalue weighted by Gasteiger charge is 2.06. The molecule has 0 fully saturated rings. The highest BCUT2D eigenvalue weighted by atomic mass is 35.5. The van der Waals surface area contributed by atoms with Gasteiger partial charge < -0.3 is 5.73 Å². The van der Waals surface area contributed by atoms with Gasteiger partial charge in [0.1, 0.15) is 5.82 Å². The molecular formula is C13H16ClN3. The number of benzene rings is 1. The van der Waals surface area contributed by atoms with Gasteiger partial charge in [0.25, 0.3) is 0 Å². The molecule has 0 saturated heterocycles. The number of halogens is 1. The van der Waals surface area contributed by atoms with Gasteiger partial charge in [-0.2, -0.15) is 5.10 Å². The lowest BCUT2D eigenvalue weighted by molar-refractivity contribution is 0.580. The Morgan fingerprint density at radius 2 is 2.00 bits per heavy atom. The molecule has 1 heterocycles. The first-order valence-electron chi connectivity index (χ1n) is 5.80. The van der Waals surface area contributed by atoms with E-state index in [1.54, 1.807) is 0 Å². The van der Waals surface area contributed by atoms with Crippen LogP contribution in [0.25, 0.3) is 11.3 Å². The van der Waals surface area contributed by atoms with Crippen molar-refractivity contribution in [2.45, 2.75) is 26.3 Å². The number of nitrogens with two attached hydrogens (primary N) is 1. The second-order valence-electron chi connectivity index (χ2n) is 4.04. The Morgan fingerprint density at radius 1 is 1.29 bits per heavy atom. The van der Waals surface area contributed by atoms with Crippen LogP contribution in [0.15, 0.2) is 30.3 Å². The Labute approximate surface area is 106 Å². The standard InChI is InChI=1S/C13H16ClN3/c1-2-3-8-17-13(15)9-12(16-17)10-4-6-11(14)7-5-10/h4-7,9H,2-3,8,15H2,1H3. The molecule has 0 atom stereocenters. The third-order valence-corrected chi connectivity index (χ3v) is 2.93. The Bertz CT molecular complexity index is 488. The van der Waals surface area contributed by atoms with E-state index in [-0.39, 0.29) is 0 Å². The van der Waals surface area contributed by atoms with Gasteiger partial charge in [-0.15, -0.1) is 0 Å². The van der Waals surface area contributed by atoms with E-state index in [2.05, 4.69) is 12.0 Å². The second-order valence-corrected chi connectivity index (χ2v) is 4.47. The van der Waals surface area contributed by atoms with Gasteiger partial charge in [0.2, 0.25) is 0 Å². The van der Waals surface area contributed by atoms with Crippen LogP contribution in [0, 0.1) is 0 Å². The number of nitrogen functional groups attached to an aromatic ring is 1. The van der Waals surface area contributed by atoms with E-state index in [1.165, 1.54) is 0 Å². The number of aryl methyl sites for hydroxylation is 1. The van der Waals surface area contributed by atoms with Crippen LogP contribution in [0.4, 0.5) is 5.82 Å². The molecule has 2 N–H and O–H groups in total. The van der Waals surface area contributed by atoms with Crippen molar-refractivity contribution in [1.82, 2.24) is 9.78 Å². The van der Waals surface area contributed by atoms with E-state index in [4.69, 9.17) is 17.3 Å². The molecule has 90 valence electrons. The van der Waals surface area contributed by atoms with Gasteiger partial charge in [-0.25, -0.2) is 4.68 Å². The molecule has 0 radical (unpaired) electrons. The van der Waals surface area contributed by atoms with Gasteiger partial charge in [-0.3, -0.25) is 0 Å². The Balaban J connectivity index is 2.24. The van der Waals surface area contributed by atoms with Crippen molar-refractivity contribution in [3.05, 3.63) is 35.4 Å². The lowest BCUT2D eigenvalue weighted by Gasteiger charge is -2.01. The zero-order valence-electron chi connectivity index (χ0n) is 9.86. The largest absolute Gasteiger partial charge is 0.384 e. The first kappa shape index (κ1) is 12.0. The molecular weight excluding hydrogens is 234 g/mol. The van der Waals surface area contributed by atoms with Crippen molar-refractivity contribution in [1.29, 1.82) is 0 Å². The van der Waals surface area contributed by atoms with Gasteiger partial charge in [-0.05, 0) is 18.6 Å². The molecule has 2 aromatic rings. The number of anilines is 1. The second kappa shape index (κ2) is 5.23. The average molecular weight is 250 g/mol. The van der Waals surface area contributed by atoms with Crippen LogP contribution in [0.1, 0.15) is 19.8 Å². The van der Waals surface area contributed by atoms with Crippen molar-refractivity contribution < 1.29 is 0 Å². The zero-order chi connectivity index (χ0) is 12.3. The molecule has 0 aliphatic rings. The number of hydrogen-bond donors (Lipinski definition) is 1. The SMILES string of the molecule is CCCCn1nc(-c2ccc(Cl)cc2)cc1N. The molecule has 0 spiro atoms. The highest BCUT2D eigenvalue weighted by Crippen LogP contribution is 2.22. The fourth-order valence-electron chi connectivity index (χ4n) is 1.68. The normalized spacial score (nSPS) is 10.7. The molecule has 0 amide bonds. The molecule has 0 unspecified atom stereocenters. The Kier molecular flexibility index (Phi) is 3.69. The summed E-state index contributed by atoms with van der Waals surface area (Å²) in [5.41, 5.74) is 7.86. The van der Waals surface area contributed by atoms with E-state index < -0.39 is 0 Å². The summed E-state index contributed by atoms with van der Waals surface area (Å²) in [6.45, 7) is 3.02. The maximum absolute atomic E-state index is 5.92. The van der Waals surface area contributed by atoms with Gasteiger partial charge in [-0.1, -0.05) is 37.1 Å². The fraction of sp³-hybridized carbons (Fsp3) is 0.308. The minimum atomic E-state index is 0.711. The van der Waals surface area contributed by atoms with Crippen LogP contribution in [0.5, 0.6) is 0 Å². The average Bonchev–Trinajstić information content (AvgIpc) is 2.69. The maximum Gasteiger partial charge on any atom is 0.122 e. The summed E-state index contributed by atoms with van der Waals surface area (Å²) in [7, 11) is 0. The smallest absolute Gasteiger partial charge is 0.122 e. The van der Waals surface area contributed by atoms with E-state index in [1.807, 2.05) is 35.0 Å². The van der Waals surface area contributed by atoms with Crippen molar-refractivity contribution in [2.75, 3.05) is 5.73 Å². The van der Waals surface area contributed by atoms with Crippen LogP contribution in [-0.4, -0.2) is 9.78 Å². The molecule has 0 aliphatic heterocycles. The van der Waals surface area contributed by atoms with Crippen LogP contribution >= 0.6 is 11.6 Å². The van der Waals surface area contributed by atoms with E-state index in [0.717, 1.165) is 35.7 Å². The molecule has 0 aliphatic carbocycles. The van der Waals surface area contributed by atoms with Crippen LogP contribution in [0.2, 0.25) is 5.02 Å². The number of aromatic nitrogens is 2. The minimum Gasteiger partial charge on any atom is -0.384 e. The Morgan fingerprint density at radius 3 is 2.65 bits per heavy atom. The van der Waals surface area contributed by atoms with E-state index >= 15 is 0 Å². The molecule has 1 aromatic carbocycles. The number of rotatable bonds is 4. The molecule has 0 saturated carbocycles. The highest BCUT2D eigenvalue weighted by molar-refractivity contribution is 6.30. The van der Waals surface area contributed by atoms with Gasteiger partial charge in [0.05, 0.1) is 5.69 Å². The summed E-state index contributed by atoms with van der Waals surface area (Å²) in [6, 6.07) is 9.53.